The lowest BCUT2D eigenvalue weighted by Gasteiger charge is -2.32. The highest BCUT2D eigenvalue weighted by molar-refractivity contribution is 7.92. The van der Waals surface area contributed by atoms with E-state index in [2.05, 4.69) is 5.32 Å². The van der Waals surface area contributed by atoms with E-state index in [1.165, 1.54) is 29.2 Å². The fourth-order valence-corrected chi connectivity index (χ4v) is 5.96. The summed E-state index contributed by atoms with van der Waals surface area (Å²) in [4.78, 5) is 28.4. The highest BCUT2D eigenvalue weighted by Gasteiger charge is 2.33. The van der Waals surface area contributed by atoms with Crippen molar-refractivity contribution in [1.82, 2.24) is 10.2 Å². The Hall–Kier alpha value is -3.27. The van der Waals surface area contributed by atoms with Crippen molar-refractivity contribution in [3.8, 4) is 5.75 Å². The number of anilines is 1. The molecule has 0 heterocycles. The molecule has 0 fully saturated rings. The van der Waals surface area contributed by atoms with Crippen molar-refractivity contribution in [3.63, 3.8) is 0 Å². The molecule has 8 nitrogen and oxygen atoms in total. The zero-order valence-electron chi connectivity index (χ0n) is 23.6. The van der Waals surface area contributed by atoms with Crippen LogP contribution in [0.3, 0.4) is 0 Å². The van der Waals surface area contributed by atoms with E-state index >= 15 is 0 Å². The summed E-state index contributed by atoms with van der Waals surface area (Å²) in [5.41, 5.74) is 1.67. The largest absolute Gasteiger partial charge is 0.497 e. The fourth-order valence-electron chi connectivity index (χ4n) is 4.08. The van der Waals surface area contributed by atoms with Crippen LogP contribution in [-0.4, -0.2) is 51.4 Å². The van der Waals surface area contributed by atoms with Gasteiger partial charge in [-0.2, -0.15) is 0 Å². The number of aryl methyl sites for hydroxylation is 1. The lowest BCUT2D eigenvalue weighted by Crippen LogP contribution is -2.51. The Balaban J connectivity index is 2.03. The number of methoxy groups -OCH3 is 1. The van der Waals surface area contributed by atoms with Crippen LogP contribution in [0.25, 0.3) is 0 Å². The Bertz CT molecular complexity index is 1450. The van der Waals surface area contributed by atoms with Gasteiger partial charge in [-0.05, 0) is 62.2 Å². The van der Waals surface area contributed by atoms with Crippen molar-refractivity contribution >= 4 is 50.7 Å². The second kappa shape index (κ2) is 14.6. The third-order valence-corrected chi connectivity index (χ3v) is 9.18. The molecule has 0 bridgehead atoms. The minimum absolute atomic E-state index is 0.00952. The molecule has 41 heavy (non-hydrogen) atoms. The Labute approximate surface area is 252 Å². The number of benzene rings is 3. The van der Waals surface area contributed by atoms with Gasteiger partial charge in [0, 0.05) is 13.1 Å². The minimum Gasteiger partial charge on any atom is -0.497 e. The van der Waals surface area contributed by atoms with Crippen LogP contribution in [0.5, 0.6) is 5.75 Å². The molecular weight excluding hydrogens is 585 g/mol. The summed E-state index contributed by atoms with van der Waals surface area (Å²) in [5, 5.41) is 2.99. The summed E-state index contributed by atoms with van der Waals surface area (Å²) in [6.07, 6.45) is 1.69. The summed E-state index contributed by atoms with van der Waals surface area (Å²) in [7, 11) is -2.71. The van der Waals surface area contributed by atoms with Crippen LogP contribution in [0.4, 0.5) is 5.69 Å². The number of sulfonamides is 1. The van der Waals surface area contributed by atoms with Gasteiger partial charge < -0.3 is 15.0 Å². The third kappa shape index (κ3) is 8.15. The Morgan fingerprint density at radius 3 is 2.27 bits per heavy atom. The number of rotatable bonds is 13. The van der Waals surface area contributed by atoms with Gasteiger partial charge in [0.25, 0.3) is 10.0 Å². The summed E-state index contributed by atoms with van der Waals surface area (Å²) >= 11 is 12.7. The number of unbranched alkanes of at least 4 members (excludes halogenated alkanes) is 1. The molecule has 1 atom stereocenters. The van der Waals surface area contributed by atoms with E-state index in [9.17, 15) is 18.0 Å². The van der Waals surface area contributed by atoms with Crippen molar-refractivity contribution < 1.29 is 22.7 Å². The number of nitrogens with zero attached hydrogens (tertiary/aromatic N) is 2. The highest BCUT2D eigenvalue weighted by Crippen LogP contribution is 2.35. The molecule has 0 aliphatic rings. The van der Waals surface area contributed by atoms with E-state index in [1.54, 1.807) is 56.5 Å². The molecule has 0 aliphatic carbocycles. The van der Waals surface area contributed by atoms with E-state index in [0.717, 1.165) is 28.3 Å². The average Bonchev–Trinajstić information content (AvgIpc) is 2.96. The Morgan fingerprint density at radius 2 is 1.66 bits per heavy atom. The second-order valence-electron chi connectivity index (χ2n) is 9.59. The number of halogens is 2. The number of hydrogen-bond donors (Lipinski definition) is 1. The third-order valence-electron chi connectivity index (χ3n) is 6.60. The van der Waals surface area contributed by atoms with Crippen molar-refractivity contribution in [1.29, 1.82) is 0 Å². The first-order chi connectivity index (χ1) is 19.5. The average molecular weight is 621 g/mol. The molecule has 0 saturated heterocycles. The van der Waals surface area contributed by atoms with E-state index in [1.807, 2.05) is 13.8 Å². The number of nitrogens with one attached hydrogen (secondary N) is 1. The molecule has 220 valence electrons. The molecule has 0 radical (unpaired) electrons. The van der Waals surface area contributed by atoms with Crippen LogP contribution in [0.15, 0.2) is 71.6 Å². The molecule has 3 aromatic carbocycles. The van der Waals surface area contributed by atoms with Crippen LogP contribution in [0.1, 0.15) is 37.8 Å². The summed E-state index contributed by atoms with van der Waals surface area (Å²) in [6, 6.07) is 17.1. The van der Waals surface area contributed by atoms with Gasteiger partial charge in [0.2, 0.25) is 11.8 Å². The van der Waals surface area contributed by atoms with E-state index < -0.39 is 28.5 Å². The number of carbonyl (C=O) groups excluding carboxylic acids is 2. The van der Waals surface area contributed by atoms with Crippen LogP contribution < -0.4 is 14.4 Å². The Morgan fingerprint density at radius 1 is 1.00 bits per heavy atom. The first kappa shape index (κ1) is 32.2. The predicted molar refractivity (Wildman–Crippen MR) is 163 cm³/mol. The molecule has 1 N–H and O–H groups in total. The van der Waals surface area contributed by atoms with E-state index in [0.29, 0.717) is 12.3 Å². The molecular formula is C30H35Cl2N3O5S. The van der Waals surface area contributed by atoms with Crippen molar-refractivity contribution in [2.24, 2.45) is 0 Å². The highest BCUT2D eigenvalue weighted by atomic mass is 35.5. The standard InChI is InChI=1S/C30H35Cl2N3O5S/c1-5-6-18-33-30(37)22(3)34(19-23-12-14-24(40-4)15-13-23)28(36)20-35(27-9-7-8-26(31)29(27)32)41(38,39)25-16-10-21(2)11-17-25/h7-17,22H,5-6,18-20H2,1-4H3,(H,33,37). The van der Waals surface area contributed by atoms with Gasteiger partial charge in [0.1, 0.15) is 18.3 Å². The zero-order chi connectivity index (χ0) is 30.2. The van der Waals surface area contributed by atoms with Gasteiger partial charge in [-0.25, -0.2) is 8.42 Å². The number of ether oxygens (including phenoxy) is 1. The van der Waals surface area contributed by atoms with Crippen molar-refractivity contribution in [2.75, 3.05) is 24.5 Å². The number of amides is 2. The van der Waals surface area contributed by atoms with E-state index in [4.69, 9.17) is 27.9 Å². The SMILES string of the molecule is CCCCNC(=O)C(C)N(Cc1ccc(OC)cc1)C(=O)CN(c1cccc(Cl)c1Cl)S(=O)(=O)c1ccc(C)cc1. The van der Waals surface area contributed by atoms with E-state index in [-0.39, 0.29) is 33.1 Å². The van der Waals surface area contributed by atoms with Gasteiger partial charge in [-0.15, -0.1) is 0 Å². The van der Waals surface area contributed by atoms with Crippen molar-refractivity contribution in [2.45, 2.75) is 51.1 Å². The van der Waals surface area contributed by atoms with Gasteiger partial charge in [-0.1, -0.05) is 72.4 Å². The summed E-state index contributed by atoms with van der Waals surface area (Å²) in [5.74, 6) is -0.289. The second-order valence-corrected chi connectivity index (χ2v) is 12.2. The smallest absolute Gasteiger partial charge is 0.264 e. The molecule has 11 heteroatoms. The first-order valence-electron chi connectivity index (χ1n) is 13.2. The summed E-state index contributed by atoms with van der Waals surface area (Å²) < 4.78 is 34.0. The minimum atomic E-state index is -4.26. The maximum Gasteiger partial charge on any atom is 0.264 e. The van der Waals surface area contributed by atoms with Gasteiger partial charge in [-0.3, -0.25) is 13.9 Å². The quantitative estimate of drug-likeness (QED) is 0.243. The van der Waals surface area contributed by atoms with Gasteiger partial charge in [0.05, 0.1) is 27.7 Å². The molecule has 0 aromatic heterocycles. The van der Waals surface area contributed by atoms with Crippen LogP contribution >= 0.6 is 23.2 Å². The maximum atomic E-state index is 14.0. The molecule has 3 rings (SSSR count). The van der Waals surface area contributed by atoms with Crippen LogP contribution in [-0.2, 0) is 26.2 Å². The number of carbonyl (C=O) groups is 2. The maximum absolute atomic E-state index is 14.0. The Kier molecular flexibility index (Phi) is 11.5. The first-order valence-corrected chi connectivity index (χ1v) is 15.4. The molecule has 2 amide bonds. The van der Waals surface area contributed by atoms with Crippen molar-refractivity contribution in [3.05, 3.63) is 87.9 Å². The molecule has 0 aliphatic heterocycles. The zero-order valence-corrected chi connectivity index (χ0v) is 25.9. The molecule has 1 unspecified atom stereocenters. The number of hydrogen-bond acceptors (Lipinski definition) is 5. The van der Waals surface area contributed by atoms with Crippen LogP contribution in [0.2, 0.25) is 10.0 Å². The van der Waals surface area contributed by atoms with Gasteiger partial charge >= 0.3 is 0 Å². The monoisotopic (exact) mass is 619 g/mol. The normalized spacial score (nSPS) is 12.0. The topological polar surface area (TPSA) is 96.0 Å². The molecule has 3 aromatic rings. The predicted octanol–water partition coefficient (Wildman–Crippen LogP) is 5.84. The lowest BCUT2D eigenvalue weighted by molar-refractivity contribution is -0.139. The molecule has 0 saturated carbocycles. The lowest BCUT2D eigenvalue weighted by atomic mass is 10.1. The molecule has 0 spiro atoms. The fraction of sp³-hybridized carbons (Fsp3) is 0.333. The summed E-state index contributed by atoms with van der Waals surface area (Å²) in [6.45, 7) is 5.39. The van der Waals surface area contributed by atoms with Gasteiger partial charge in [0.15, 0.2) is 0 Å². The van der Waals surface area contributed by atoms with Crippen LogP contribution in [0, 0.1) is 6.92 Å².